The van der Waals surface area contributed by atoms with Gasteiger partial charge in [0.1, 0.15) is 4.90 Å². The van der Waals surface area contributed by atoms with E-state index in [1.165, 1.54) is 0 Å². The quantitative estimate of drug-likeness (QED) is 0.798. The molecule has 0 saturated heterocycles. The average molecular weight is 274 g/mol. The van der Waals surface area contributed by atoms with E-state index in [2.05, 4.69) is 33.7 Å². The molecule has 1 rings (SSSR count). The summed E-state index contributed by atoms with van der Waals surface area (Å²) in [5.41, 5.74) is 1.06. The molecule has 2 N–H and O–H groups in total. The molecule has 1 aromatic heterocycles. The van der Waals surface area contributed by atoms with Crippen LogP contribution in [0.1, 0.15) is 25.2 Å². The van der Waals surface area contributed by atoms with Crippen LogP contribution in [0.4, 0.5) is 0 Å². The van der Waals surface area contributed by atoms with Crippen LogP contribution in [-0.2, 0) is 10.0 Å². The summed E-state index contributed by atoms with van der Waals surface area (Å²) in [5, 5.41) is 6.58. The Morgan fingerprint density at radius 1 is 1.39 bits per heavy atom. The van der Waals surface area contributed by atoms with Gasteiger partial charge in [-0.1, -0.05) is 0 Å². The normalized spacial score (nSPS) is 12.6. The van der Waals surface area contributed by atoms with Gasteiger partial charge in [-0.3, -0.25) is 5.10 Å². The van der Waals surface area contributed by atoms with Gasteiger partial charge in [0.05, 0.1) is 11.4 Å². The third-order valence-corrected chi connectivity index (χ3v) is 4.69. The lowest BCUT2D eigenvalue weighted by Gasteiger charge is -2.20. The first-order valence-electron chi connectivity index (χ1n) is 5.97. The number of aromatic amines is 1. The second-order valence-electron chi connectivity index (χ2n) is 4.74. The predicted molar refractivity (Wildman–Crippen MR) is 71.0 cm³/mol. The van der Waals surface area contributed by atoms with Crippen molar-refractivity contribution >= 4 is 10.0 Å². The molecule has 0 bridgehead atoms. The first kappa shape index (κ1) is 15.1. The SMILES string of the molecule is Cc1n[nH]c(C)c1S(=O)(=O)NCCN(C)C(C)C. The number of aromatic nitrogens is 2. The van der Waals surface area contributed by atoms with Gasteiger partial charge in [0, 0.05) is 19.1 Å². The van der Waals surface area contributed by atoms with Crippen LogP contribution in [0, 0.1) is 13.8 Å². The molecule has 6 nitrogen and oxygen atoms in total. The molecule has 0 atom stereocenters. The zero-order chi connectivity index (χ0) is 13.9. The highest BCUT2D eigenvalue weighted by Crippen LogP contribution is 2.15. The topological polar surface area (TPSA) is 78.1 Å². The summed E-state index contributed by atoms with van der Waals surface area (Å²) in [4.78, 5) is 2.34. The molecule has 0 radical (unpaired) electrons. The van der Waals surface area contributed by atoms with Gasteiger partial charge in [0.25, 0.3) is 0 Å². The predicted octanol–water partition coefficient (Wildman–Crippen LogP) is 0.645. The maximum Gasteiger partial charge on any atom is 0.244 e. The molecular formula is C11H22N4O2S. The molecule has 0 aromatic carbocycles. The zero-order valence-corrected chi connectivity index (χ0v) is 12.4. The van der Waals surface area contributed by atoms with Crippen LogP contribution in [0.5, 0.6) is 0 Å². The van der Waals surface area contributed by atoms with Gasteiger partial charge in [-0.05, 0) is 34.7 Å². The molecule has 1 aromatic rings. The molecule has 0 unspecified atom stereocenters. The fraction of sp³-hybridized carbons (Fsp3) is 0.727. The summed E-state index contributed by atoms with van der Waals surface area (Å²) in [6, 6.07) is 0.395. The molecule has 0 aliphatic carbocycles. The molecule has 0 saturated carbocycles. The van der Waals surface area contributed by atoms with Crippen molar-refractivity contribution in [2.24, 2.45) is 0 Å². The van der Waals surface area contributed by atoms with Crippen molar-refractivity contribution in [1.29, 1.82) is 0 Å². The molecule has 0 aliphatic heterocycles. The molecule has 1 heterocycles. The number of nitrogens with zero attached hydrogens (tertiary/aromatic N) is 2. The second-order valence-corrected chi connectivity index (χ2v) is 6.44. The Morgan fingerprint density at radius 3 is 2.44 bits per heavy atom. The van der Waals surface area contributed by atoms with E-state index >= 15 is 0 Å². The summed E-state index contributed by atoms with van der Waals surface area (Å²) in [6.07, 6.45) is 0. The molecule has 7 heteroatoms. The number of aryl methyl sites for hydroxylation is 2. The van der Waals surface area contributed by atoms with Crippen LogP contribution >= 0.6 is 0 Å². The van der Waals surface area contributed by atoms with Gasteiger partial charge in [0.15, 0.2) is 0 Å². The van der Waals surface area contributed by atoms with Gasteiger partial charge in [-0.25, -0.2) is 13.1 Å². The smallest absolute Gasteiger partial charge is 0.244 e. The first-order valence-corrected chi connectivity index (χ1v) is 7.45. The number of nitrogens with one attached hydrogen (secondary N) is 2. The van der Waals surface area contributed by atoms with Crippen molar-refractivity contribution < 1.29 is 8.42 Å². The van der Waals surface area contributed by atoms with E-state index in [1.54, 1.807) is 13.8 Å². The number of H-pyrrole nitrogens is 1. The Hall–Kier alpha value is -0.920. The standard InChI is InChI=1S/C11H22N4O2S/c1-8(2)15(5)7-6-12-18(16,17)11-9(3)13-14-10(11)4/h8,12H,6-7H2,1-5H3,(H,13,14). The molecule has 104 valence electrons. The Kier molecular flexibility index (Phi) is 4.89. The highest BCUT2D eigenvalue weighted by atomic mass is 32.2. The van der Waals surface area contributed by atoms with E-state index in [0.717, 1.165) is 0 Å². The fourth-order valence-electron chi connectivity index (χ4n) is 1.62. The monoisotopic (exact) mass is 274 g/mol. The van der Waals surface area contributed by atoms with Gasteiger partial charge in [0.2, 0.25) is 10.0 Å². The van der Waals surface area contributed by atoms with E-state index in [9.17, 15) is 8.42 Å². The number of likely N-dealkylation sites (N-methyl/N-ethyl adjacent to an activating group) is 1. The Balaban J connectivity index is 2.67. The van der Waals surface area contributed by atoms with Crippen LogP contribution < -0.4 is 4.72 Å². The Labute approximate surface area is 109 Å². The van der Waals surface area contributed by atoms with Gasteiger partial charge in [-0.15, -0.1) is 0 Å². The van der Waals surface area contributed by atoms with E-state index in [-0.39, 0.29) is 4.90 Å². The first-order chi connectivity index (χ1) is 8.25. The van der Waals surface area contributed by atoms with Gasteiger partial charge in [-0.2, -0.15) is 5.10 Å². The largest absolute Gasteiger partial charge is 0.303 e. The lowest BCUT2D eigenvalue weighted by Crippen LogP contribution is -2.36. The number of hydrogen-bond donors (Lipinski definition) is 2. The number of hydrogen-bond acceptors (Lipinski definition) is 4. The third kappa shape index (κ3) is 3.54. The number of sulfonamides is 1. The molecular weight excluding hydrogens is 252 g/mol. The Morgan fingerprint density at radius 2 is 2.00 bits per heavy atom. The number of rotatable bonds is 6. The lowest BCUT2D eigenvalue weighted by molar-refractivity contribution is 0.278. The highest BCUT2D eigenvalue weighted by Gasteiger charge is 2.21. The molecule has 18 heavy (non-hydrogen) atoms. The summed E-state index contributed by atoms with van der Waals surface area (Å²) < 4.78 is 26.8. The maximum atomic E-state index is 12.1. The summed E-state index contributed by atoms with van der Waals surface area (Å²) >= 11 is 0. The van der Waals surface area contributed by atoms with E-state index in [1.807, 2.05) is 7.05 Å². The van der Waals surface area contributed by atoms with Crippen molar-refractivity contribution in [2.75, 3.05) is 20.1 Å². The lowest BCUT2D eigenvalue weighted by atomic mass is 10.3. The Bertz CT molecular complexity index is 474. The molecule has 0 aliphatic rings. The molecule has 0 amide bonds. The highest BCUT2D eigenvalue weighted by molar-refractivity contribution is 7.89. The van der Waals surface area contributed by atoms with Crippen LogP contribution in [0.25, 0.3) is 0 Å². The van der Waals surface area contributed by atoms with E-state index < -0.39 is 10.0 Å². The van der Waals surface area contributed by atoms with Crippen LogP contribution in [-0.4, -0.2) is 49.7 Å². The van der Waals surface area contributed by atoms with E-state index in [4.69, 9.17) is 0 Å². The summed E-state index contributed by atoms with van der Waals surface area (Å²) in [5.74, 6) is 0. The minimum Gasteiger partial charge on any atom is -0.303 e. The maximum absolute atomic E-state index is 12.1. The van der Waals surface area contributed by atoms with Crippen molar-refractivity contribution in [3.8, 4) is 0 Å². The van der Waals surface area contributed by atoms with Gasteiger partial charge >= 0.3 is 0 Å². The van der Waals surface area contributed by atoms with Gasteiger partial charge < -0.3 is 4.90 Å². The second kappa shape index (κ2) is 5.81. The third-order valence-electron chi connectivity index (χ3n) is 2.97. The van der Waals surface area contributed by atoms with Crippen LogP contribution in [0.2, 0.25) is 0 Å². The minimum absolute atomic E-state index is 0.259. The van der Waals surface area contributed by atoms with Crippen molar-refractivity contribution in [3.05, 3.63) is 11.4 Å². The van der Waals surface area contributed by atoms with Crippen LogP contribution in [0.15, 0.2) is 4.90 Å². The van der Waals surface area contributed by atoms with Crippen LogP contribution in [0.3, 0.4) is 0 Å². The van der Waals surface area contributed by atoms with Crippen molar-refractivity contribution in [1.82, 2.24) is 19.8 Å². The zero-order valence-electron chi connectivity index (χ0n) is 11.6. The molecule has 0 fully saturated rings. The van der Waals surface area contributed by atoms with Crippen molar-refractivity contribution in [3.63, 3.8) is 0 Å². The van der Waals surface area contributed by atoms with Crippen molar-refractivity contribution in [2.45, 2.75) is 38.6 Å². The minimum atomic E-state index is -3.47. The van der Waals surface area contributed by atoms with E-state index in [0.29, 0.717) is 30.5 Å². The summed E-state index contributed by atoms with van der Waals surface area (Å²) in [7, 11) is -1.50. The summed E-state index contributed by atoms with van der Waals surface area (Å²) in [6.45, 7) is 8.58. The average Bonchev–Trinajstić information content (AvgIpc) is 2.58. The molecule has 0 spiro atoms. The fourth-order valence-corrected chi connectivity index (χ4v) is 3.01.